The zero-order chi connectivity index (χ0) is 12.0. The van der Waals surface area contributed by atoms with Crippen LogP contribution in [0.1, 0.15) is 30.9 Å². The van der Waals surface area contributed by atoms with Crippen LogP contribution in [0.5, 0.6) is 5.75 Å². The van der Waals surface area contributed by atoms with Crippen LogP contribution in [0.4, 0.5) is 0 Å². The molecule has 0 spiro atoms. The molecule has 0 fully saturated rings. The molecule has 0 atom stereocenters. The highest BCUT2D eigenvalue weighted by Crippen LogP contribution is 2.24. The van der Waals surface area contributed by atoms with Gasteiger partial charge in [0.15, 0.2) is 0 Å². The first-order valence-corrected chi connectivity index (χ1v) is 5.39. The molecule has 0 bridgehead atoms. The van der Waals surface area contributed by atoms with Crippen LogP contribution >= 0.6 is 0 Å². The van der Waals surface area contributed by atoms with Crippen molar-refractivity contribution in [1.82, 2.24) is 0 Å². The Kier molecular flexibility index (Phi) is 4.74. The van der Waals surface area contributed by atoms with E-state index in [1.54, 1.807) is 7.11 Å². The van der Waals surface area contributed by atoms with Crippen molar-refractivity contribution < 1.29 is 9.53 Å². The summed E-state index contributed by atoms with van der Waals surface area (Å²) in [7, 11) is 1.66. The van der Waals surface area contributed by atoms with Crippen molar-refractivity contribution in [3.05, 3.63) is 29.3 Å². The third-order valence-electron chi connectivity index (χ3n) is 2.54. The third-order valence-corrected chi connectivity index (χ3v) is 2.54. The first kappa shape index (κ1) is 12.5. The topological polar surface area (TPSA) is 38.7 Å². The third kappa shape index (κ3) is 3.21. The first-order chi connectivity index (χ1) is 7.69. The van der Waals surface area contributed by atoms with E-state index in [4.69, 9.17) is 4.74 Å². The lowest BCUT2D eigenvalue weighted by Crippen LogP contribution is -1.97. The Morgan fingerprint density at radius 1 is 1.44 bits per heavy atom. The van der Waals surface area contributed by atoms with E-state index in [1.807, 2.05) is 12.1 Å². The molecule has 3 nitrogen and oxygen atoms in total. The van der Waals surface area contributed by atoms with Gasteiger partial charge in [0.05, 0.1) is 13.7 Å². The number of methoxy groups -OCH3 is 1. The molecule has 3 heteroatoms. The van der Waals surface area contributed by atoms with Gasteiger partial charge >= 0.3 is 0 Å². The monoisotopic (exact) mass is 219 g/mol. The van der Waals surface area contributed by atoms with Crippen LogP contribution < -0.4 is 4.74 Å². The fourth-order valence-electron chi connectivity index (χ4n) is 1.55. The highest BCUT2D eigenvalue weighted by molar-refractivity contribution is 5.39. The van der Waals surface area contributed by atoms with E-state index in [0.717, 1.165) is 11.3 Å². The summed E-state index contributed by atoms with van der Waals surface area (Å²) >= 11 is 0. The average Bonchev–Trinajstić information content (AvgIpc) is 2.29. The maximum Gasteiger partial charge on any atom is 0.234 e. The highest BCUT2D eigenvalue weighted by atomic mass is 16.5. The van der Waals surface area contributed by atoms with Gasteiger partial charge in [0.2, 0.25) is 6.08 Å². The Morgan fingerprint density at radius 3 is 2.75 bits per heavy atom. The zero-order valence-corrected chi connectivity index (χ0v) is 9.99. The van der Waals surface area contributed by atoms with Gasteiger partial charge in [-0.2, -0.15) is 0 Å². The van der Waals surface area contributed by atoms with Crippen molar-refractivity contribution in [3.63, 3.8) is 0 Å². The number of hydrogen-bond acceptors (Lipinski definition) is 3. The number of nitrogens with zero attached hydrogens (tertiary/aromatic N) is 1. The van der Waals surface area contributed by atoms with Crippen LogP contribution in [0.25, 0.3) is 0 Å². The van der Waals surface area contributed by atoms with Crippen molar-refractivity contribution in [3.8, 4) is 5.75 Å². The standard InChI is InChI=1S/C13H17NO2/c1-10(2)12-5-4-11(6-7-14-9-15)13(8-12)16-3/h4-5,8,10H,6-7H2,1-3H3. The summed E-state index contributed by atoms with van der Waals surface area (Å²) in [5.74, 6) is 1.35. The van der Waals surface area contributed by atoms with E-state index in [-0.39, 0.29) is 0 Å². The Labute approximate surface area is 96.2 Å². The highest BCUT2D eigenvalue weighted by Gasteiger charge is 2.06. The summed E-state index contributed by atoms with van der Waals surface area (Å²) in [6.45, 7) is 4.75. The Hall–Kier alpha value is -1.60. The van der Waals surface area contributed by atoms with Gasteiger partial charge in [0.25, 0.3) is 0 Å². The summed E-state index contributed by atoms with van der Waals surface area (Å²) in [4.78, 5) is 13.5. The number of aliphatic imine (C=N–C) groups is 1. The van der Waals surface area contributed by atoms with Crippen molar-refractivity contribution in [2.75, 3.05) is 13.7 Å². The lowest BCUT2D eigenvalue weighted by molar-refractivity contribution is 0.409. The Bertz CT molecular complexity index is 393. The smallest absolute Gasteiger partial charge is 0.234 e. The van der Waals surface area contributed by atoms with E-state index in [9.17, 15) is 4.79 Å². The second-order valence-electron chi connectivity index (χ2n) is 3.95. The fraction of sp³-hybridized carbons (Fsp3) is 0.462. The summed E-state index contributed by atoms with van der Waals surface area (Å²) in [5.41, 5.74) is 2.32. The van der Waals surface area contributed by atoms with Crippen molar-refractivity contribution >= 4 is 6.08 Å². The Morgan fingerprint density at radius 2 is 2.19 bits per heavy atom. The molecule has 0 saturated carbocycles. The lowest BCUT2D eigenvalue weighted by Gasteiger charge is -2.11. The van der Waals surface area contributed by atoms with E-state index >= 15 is 0 Å². The molecule has 0 N–H and O–H groups in total. The lowest BCUT2D eigenvalue weighted by atomic mass is 10.00. The summed E-state index contributed by atoms with van der Waals surface area (Å²) in [6, 6.07) is 6.17. The second-order valence-corrected chi connectivity index (χ2v) is 3.95. The molecule has 1 aromatic rings. The molecule has 0 heterocycles. The van der Waals surface area contributed by atoms with Gasteiger partial charge in [-0.15, -0.1) is 0 Å². The average molecular weight is 219 g/mol. The first-order valence-electron chi connectivity index (χ1n) is 5.39. The molecule has 0 saturated heterocycles. The van der Waals surface area contributed by atoms with Crippen molar-refractivity contribution in [1.29, 1.82) is 0 Å². The number of hydrogen-bond donors (Lipinski definition) is 0. The molecule has 86 valence electrons. The molecule has 0 aliphatic rings. The molecule has 0 amide bonds. The van der Waals surface area contributed by atoms with E-state index in [1.165, 1.54) is 11.6 Å². The zero-order valence-electron chi connectivity index (χ0n) is 9.99. The number of ether oxygens (including phenoxy) is 1. The minimum Gasteiger partial charge on any atom is -0.496 e. The van der Waals surface area contributed by atoms with E-state index in [0.29, 0.717) is 18.9 Å². The number of isocyanates is 1. The predicted octanol–water partition coefficient (Wildman–Crippen LogP) is 2.70. The molecule has 16 heavy (non-hydrogen) atoms. The van der Waals surface area contributed by atoms with Gasteiger partial charge in [-0.05, 0) is 29.5 Å². The quantitative estimate of drug-likeness (QED) is 0.564. The van der Waals surface area contributed by atoms with Gasteiger partial charge in [0, 0.05) is 0 Å². The predicted molar refractivity (Wildman–Crippen MR) is 63.8 cm³/mol. The summed E-state index contributed by atoms with van der Waals surface area (Å²) in [6.07, 6.45) is 2.24. The number of benzene rings is 1. The minimum atomic E-state index is 0.459. The van der Waals surface area contributed by atoms with Crippen LogP contribution in [0, 0.1) is 0 Å². The molecule has 0 aromatic heterocycles. The molecular formula is C13H17NO2. The van der Waals surface area contributed by atoms with Gasteiger partial charge < -0.3 is 4.74 Å². The summed E-state index contributed by atoms with van der Waals surface area (Å²) < 4.78 is 5.33. The van der Waals surface area contributed by atoms with Crippen LogP contribution in [0.15, 0.2) is 23.2 Å². The van der Waals surface area contributed by atoms with Gasteiger partial charge in [-0.25, -0.2) is 9.79 Å². The molecule has 0 unspecified atom stereocenters. The van der Waals surface area contributed by atoms with Gasteiger partial charge in [-0.1, -0.05) is 26.0 Å². The summed E-state index contributed by atoms with van der Waals surface area (Å²) in [5, 5.41) is 0. The fourth-order valence-corrected chi connectivity index (χ4v) is 1.55. The normalized spacial score (nSPS) is 10.0. The maximum absolute atomic E-state index is 9.97. The second kappa shape index (κ2) is 6.09. The van der Waals surface area contributed by atoms with Crippen molar-refractivity contribution in [2.45, 2.75) is 26.2 Å². The van der Waals surface area contributed by atoms with Crippen LogP contribution in [0.2, 0.25) is 0 Å². The minimum absolute atomic E-state index is 0.459. The molecule has 1 rings (SSSR count). The number of rotatable bonds is 5. The SMILES string of the molecule is COc1cc(C(C)C)ccc1CCN=C=O. The largest absolute Gasteiger partial charge is 0.496 e. The van der Waals surface area contributed by atoms with Crippen LogP contribution in [-0.2, 0) is 11.2 Å². The molecule has 0 radical (unpaired) electrons. The maximum atomic E-state index is 9.97. The molecule has 1 aromatic carbocycles. The van der Waals surface area contributed by atoms with Crippen LogP contribution in [-0.4, -0.2) is 19.7 Å². The molecule has 0 aliphatic heterocycles. The Balaban J connectivity index is 2.88. The van der Waals surface area contributed by atoms with Gasteiger partial charge in [0.1, 0.15) is 5.75 Å². The molecule has 0 aliphatic carbocycles. The van der Waals surface area contributed by atoms with Gasteiger partial charge in [-0.3, -0.25) is 0 Å². The van der Waals surface area contributed by atoms with Crippen LogP contribution in [0.3, 0.4) is 0 Å². The van der Waals surface area contributed by atoms with E-state index < -0.39 is 0 Å². The number of carbonyl (C=O) groups excluding carboxylic acids is 1. The van der Waals surface area contributed by atoms with Crippen molar-refractivity contribution in [2.24, 2.45) is 4.99 Å². The molecular weight excluding hydrogens is 202 g/mol. The van der Waals surface area contributed by atoms with E-state index in [2.05, 4.69) is 24.9 Å².